The molecule has 2 aromatic rings. The maximum absolute atomic E-state index is 5.58. The number of benzene rings is 1. The lowest BCUT2D eigenvalue weighted by molar-refractivity contribution is 0.414. The normalized spacial score (nSPS) is 11.9. The van der Waals surface area contributed by atoms with E-state index in [1.807, 2.05) is 31.2 Å². The molecule has 1 heterocycles. The van der Waals surface area contributed by atoms with Crippen LogP contribution in [0.3, 0.4) is 0 Å². The maximum atomic E-state index is 5.58. The fourth-order valence-corrected chi connectivity index (χ4v) is 1.65. The quantitative estimate of drug-likeness (QED) is 0.862. The summed E-state index contributed by atoms with van der Waals surface area (Å²) in [4.78, 5) is 8.14. The summed E-state index contributed by atoms with van der Waals surface area (Å²) in [6.45, 7) is 2.05. The number of nitrogens with zero attached hydrogens (tertiary/aromatic N) is 2. The molecule has 1 unspecified atom stereocenters. The van der Waals surface area contributed by atoms with Crippen molar-refractivity contribution in [2.45, 2.75) is 13.0 Å². The Bertz CT molecular complexity index is 513. The number of ether oxygens (including phenoxy) is 1. The van der Waals surface area contributed by atoms with Gasteiger partial charge < -0.3 is 15.8 Å². The highest BCUT2D eigenvalue weighted by molar-refractivity contribution is 5.41. The fraction of sp³-hybridized carbons (Fsp3) is 0.231. The Labute approximate surface area is 106 Å². The molecule has 0 spiro atoms. The number of rotatable bonds is 4. The van der Waals surface area contributed by atoms with Crippen molar-refractivity contribution in [2.24, 2.45) is 0 Å². The first kappa shape index (κ1) is 12.2. The lowest BCUT2D eigenvalue weighted by Crippen LogP contribution is -2.08. The van der Waals surface area contributed by atoms with Crippen molar-refractivity contribution in [3.05, 3.63) is 42.2 Å². The fourth-order valence-electron chi connectivity index (χ4n) is 1.65. The predicted octanol–water partition coefficient (Wildman–Crippen LogP) is 2.24. The van der Waals surface area contributed by atoms with Crippen LogP contribution in [0.4, 0.5) is 11.6 Å². The van der Waals surface area contributed by atoms with Gasteiger partial charge in [0.25, 0.3) is 0 Å². The first-order valence-corrected chi connectivity index (χ1v) is 5.67. The van der Waals surface area contributed by atoms with Crippen LogP contribution in [0.5, 0.6) is 5.75 Å². The molecule has 1 aromatic carbocycles. The van der Waals surface area contributed by atoms with Gasteiger partial charge in [0.05, 0.1) is 19.5 Å². The molecule has 0 saturated carbocycles. The van der Waals surface area contributed by atoms with Crippen LogP contribution in [0.25, 0.3) is 0 Å². The van der Waals surface area contributed by atoms with Crippen LogP contribution in [-0.4, -0.2) is 17.1 Å². The minimum atomic E-state index is 0.118. The number of methoxy groups -OCH3 is 1. The minimum Gasteiger partial charge on any atom is -0.497 e. The molecule has 5 nitrogen and oxygen atoms in total. The third-order valence-electron chi connectivity index (χ3n) is 2.63. The van der Waals surface area contributed by atoms with Crippen LogP contribution >= 0.6 is 0 Å². The summed E-state index contributed by atoms with van der Waals surface area (Å²) in [5, 5.41) is 3.24. The van der Waals surface area contributed by atoms with Crippen molar-refractivity contribution >= 4 is 11.6 Å². The topological polar surface area (TPSA) is 73.1 Å². The molecule has 0 bridgehead atoms. The van der Waals surface area contributed by atoms with Crippen LogP contribution in [0.15, 0.2) is 36.7 Å². The molecule has 2 rings (SSSR count). The summed E-state index contributed by atoms with van der Waals surface area (Å²) in [5.74, 6) is 1.91. The van der Waals surface area contributed by atoms with Gasteiger partial charge in [-0.05, 0) is 24.6 Å². The van der Waals surface area contributed by atoms with Gasteiger partial charge in [-0.2, -0.15) is 0 Å². The van der Waals surface area contributed by atoms with Gasteiger partial charge in [-0.25, -0.2) is 4.98 Å². The van der Waals surface area contributed by atoms with Crippen LogP contribution in [0, 0.1) is 0 Å². The van der Waals surface area contributed by atoms with Gasteiger partial charge in [-0.1, -0.05) is 12.1 Å². The molecular formula is C13H16N4O. The summed E-state index contributed by atoms with van der Waals surface area (Å²) < 4.78 is 5.12. The Morgan fingerprint density at radius 2 is 1.94 bits per heavy atom. The molecule has 0 aliphatic carbocycles. The van der Waals surface area contributed by atoms with Gasteiger partial charge in [-0.15, -0.1) is 0 Å². The van der Waals surface area contributed by atoms with Gasteiger partial charge in [-0.3, -0.25) is 4.98 Å². The van der Waals surface area contributed by atoms with Crippen LogP contribution in [0.1, 0.15) is 18.5 Å². The van der Waals surface area contributed by atoms with Crippen molar-refractivity contribution in [1.82, 2.24) is 9.97 Å². The van der Waals surface area contributed by atoms with Crippen LogP contribution in [-0.2, 0) is 0 Å². The molecule has 0 saturated heterocycles. The van der Waals surface area contributed by atoms with E-state index >= 15 is 0 Å². The second-order valence-electron chi connectivity index (χ2n) is 3.97. The van der Waals surface area contributed by atoms with E-state index in [0.717, 1.165) is 11.3 Å². The van der Waals surface area contributed by atoms with E-state index in [9.17, 15) is 0 Å². The van der Waals surface area contributed by atoms with Gasteiger partial charge in [0, 0.05) is 6.04 Å². The summed E-state index contributed by atoms with van der Waals surface area (Å²) in [7, 11) is 1.65. The molecule has 0 aliphatic heterocycles. The van der Waals surface area contributed by atoms with E-state index in [0.29, 0.717) is 11.6 Å². The summed E-state index contributed by atoms with van der Waals surface area (Å²) >= 11 is 0. The van der Waals surface area contributed by atoms with Crippen molar-refractivity contribution in [1.29, 1.82) is 0 Å². The molecule has 1 aromatic heterocycles. The lowest BCUT2D eigenvalue weighted by Gasteiger charge is -2.15. The highest BCUT2D eigenvalue weighted by Crippen LogP contribution is 2.20. The van der Waals surface area contributed by atoms with E-state index in [2.05, 4.69) is 15.3 Å². The largest absolute Gasteiger partial charge is 0.497 e. The average molecular weight is 244 g/mol. The second-order valence-corrected chi connectivity index (χ2v) is 3.97. The van der Waals surface area contributed by atoms with E-state index in [1.165, 1.54) is 6.20 Å². The molecule has 5 heteroatoms. The molecule has 0 amide bonds. The van der Waals surface area contributed by atoms with Crippen molar-refractivity contribution in [2.75, 3.05) is 18.2 Å². The summed E-state index contributed by atoms with van der Waals surface area (Å²) in [6.07, 6.45) is 3.17. The van der Waals surface area contributed by atoms with E-state index in [4.69, 9.17) is 10.5 Å². The first-order chi connectivity index (χ1) is 8.69. The monoisotopic (exact) mass is 244 g/mol. The molecule has 18 heavy (non-hydrogen) atoms. The molecule has 94 valence electrons. The Kier molecular flexibility index (Phi) is 3.62. The molecule has 0 aliphatic rings. The first-order valence-electron chi connectivity index (χ1n) is 5.67. The standard InChI is InChI=1S/C13H16N4O/c1-9(10-3-5-11(18-2)6-4-10)16-13-8-15-7-12(14)17-13/h3-9H,1-2H3,(H3,14,16,17). The lowest BCUT2D eigenvalue weighted by atomic mass is 10.1. The maximum Gasteiger partial charge on any atom is 0.147 e. The van der Waals surface area contributed by atoms with E-state index in [-0.39, 0.29) is 6.04 Å². The third-order valence-corrected chi connectivity index (χ3v) is 2.63. The SMILES string of the molecule is COc1ccc(C(C)Nc2cncc(N)n2)cc1. The van der Waals surface area contributed by atoms with Gasteiger partial charge in [0.1, 0.15) is 17.4 Å². The number of nitrogens with one attached hydrogen (secondary N) is 1. The minimum absolute atomic E-state index is 0.118. The second kappa shape index (κ2) is 5.35. The van der Waals surface area contributed by atoms with Crippen LogP contribution in [0.2, 0.25) is 0 Å². The Balaban J connectivity index is 2.09. The summed E-state index contributed by atoms with van der Waals surface area (Å²) in [5.41, 5.74) is 6.72. The zero-order valence-corrected chi connectivity index (χ0v) is 10.4. The van der Waals surface area contributed by atoms with Gasteiger partial charge >= 0.3 is 0 Å². The van der Waals surface area contributed by atoms with Crippen molar-refractivity contribution < 1.29 is 4.74 Å². The zero-order chi connectivity index (χ0) is 13.0. The van der Waals surface area contributed by atoms with Crippen LogP contribution < -0.4 is 15.8 Å². The van der Waals surface area contributed by atoms with Crippen molar-refractivity contribution in [3.63, 3.8) is 0 Å². The Hall–Kier alpha value is -2.30. The number of hydrogen-bond acceptors (Lipinski definition) is 5. The number of hydrogen-bond donors (Lipinski definition) is 2. The highest BCUT2D eigenvalue weighted by Gasteiger charge is 2.06. The molecule has 1 atom stereocenters. The number of anilines is 2. The molecule has 3 N–H and O–H groups in total. The smallest absolute Gasteiger partial charge is 0.147 e. The molecular weight excluding hydrogens is 228 g/mol. The number of nitrogen functional groups attached to an aromatic ring is 1. The molecule has 0 fully saturated rings. The summed E-state index contributed by atoms with van der Waals surface area (Å²) in [6, 6.07) is 8.00. The average Bonchev–Trinajstić information content (AvgIpc) is 2.39. The zero-order valence-electron chi connectivity index (χ0n) is 10.4. The predicted molar refractivity (Wildman–Crippen MR) is 71.5 cm³/mol. The van der Waals surface area contributed by atoms with E-state index in [1.54, 1.807) is 13.3 Å². The van der Waals surface area contributed by atoms with Crippen molar-refractivity contribution in [3.8, 4) is 5.75 Å². The Morgan fingerprint density at radius 3 is 2.56 bits per heavy atom. The molecule has 0 radical (unpaired) electrons. The highest BCUT2D eigenvalue weighted by atomic mass is 16.5. The Morgan fingerprint density at radius 1 is 1.22 bits per heavy atom. The number of aromatic nitrogens is 2. The number of nitrogens with two attached hydrogens (primary N) is 1. The van der Waals surface area contributed by atoms with E-state index < -0.39 is 0 Å². The van der Waals surface area contributed by atoms with Gasteiger partial charge in [0.15, 0.2) is 0 Å². The van der Waals surface area contributed by atoms with Gasteiger partial charge in [0.2, 0.25) is 0 Å². The third kappa shape index (κ3) is 2.88.